The molecule has 1 aliphatic rings. The number of hydrogen-bond acceptors (Lipinski definition) is 9. The van der Waals surface area contributed by atoms with E-state index in [-0.39, 0.29) is 5.56 Å². The van der Waals surface area contributed by atoms with Gasteiger partial charge in [0.15, 0.2) is 0 Å². The summed E-state index contributed by atoms with van der Waals surface area (Å²) >= 11 is 0. The summed E-state index contributed by atoms with van der Waals surface area (Å²) in [5.41, 5.74) is 3.59. The first-order valence-corrected chi connectivity index (χ1v) is 9.47. The van der Waals surface area contributed by atoms with Gasteiger partial charge in [0.25, 0.3) is 0 Å². The van der Waals surface area contributed by atoms with Crippen LogP contribution in [0.2, 0.25) is 0 Å². The fourth-order valence-electron chi connectivity index (χ4n) is 3.40. The lowest BCUT2D eigenvalue weighted by atomic mass is 10.0. The Kier molecular flexibility index (Phi) is 5.66. The van der Waals surface area contributed by atoms with Crippen molar-refractivity contribution in [1.29, 1.82) is 5.26 Å². The van der Waals surface area contributed by atoms with Crippen LogP contribution in [0.15, 0.2) is 36.9 Å². The molecule has 1 N–H and O–H groups in total. The van der Waals surface area contributed by atoms with E-state index in [1.54, 1.807) is 12.1 Å². The largest absolute Gasteiger partial charge is 0.465 e. The zero-order chi connectivity index (χ0) is 21.8. The fraction of sp³-hybridized carbons (Fsp3) is 0.238. The highest BCUT2D eigenvalue weighted by molar-refractivity contribution is 5.88. The first-order chi connectivity index (χ1) is 15.1. The van der Waals surface area contributed by atoms with Crippen molar-refractivity contribution >= 4 is 23.4 Å². The Morgan fingerprint density at radius 1 is 1.29 bits per heavy atom. The summed E-state index contributed by atoms with van der Waals surface area (Å²) in [6.45, 7) is 0.507. The second kappa shape index (κ2) is 8.71. The third kappa shape index (κ3) is 4.11. The minimum atomic E-state index is -0.688. The molecule has 2 aromatic heterocycles. The smallest absolute Gasteiger partial charge is 0.341 e. The molecule has 0 atom stereocenters. The SMILES string of the molecule is COC(=O)c1cnc(Nc2ncnc3c2CCN(c2ccc(C#N)c(CF)c2)C3)nc1. The van der Waals surface area contributed by atoms with Crippen LogP contribution in [0.1, 0.15) is 32.7 Å². The Morgan fingerprint density at radius 2 is 2.10 bits per heavy atom. The van der Waals surface area contributed by atoms with Gasteiger partial charge in [-0.2, -0.15) is 5.26 Å². The summed E-state index contributed by atoms with van der Waals surface area (Å²) in [5, 5.41) is 12.2. The molecule has 0 unspecified atom stereocenters. The van der Waals surface area contributed by atoms with Crippen molar-refractivity contribution in [1.82, 2.24) is 19.9 Å². The first kappa shape index (κ1) is 20.2. The highest BCUT2D eigenvalue weighted by Crippen LogP contribution is 2.29. The fourth-order valence-corrected chi connectivity index (χ4v) is 3.40. The zero-order valence-corrected chi connectivity index (χ0v) is 16.7. The number of ether oxygens (including phenoxy) is 1. The van der Waals surface area contributed by atoms with Crippen LogP contribution in [0.3, 0.4) is 0 Å². The molecule has 31 heavy (non-hydrogen) atoms. The lowest BCUT2D eigenvalue weighted by Gasteiger charge is -2.31. The highest BCUT2D eigenvalue weighted by Gasteiger charge is 2.22. The van der Waals surface area contributed by atoms with E-state index in [0.717, 1.165) is 16.9 Å². The van der Waals surface area contributed by atoms with Gasteiger partial charge in [-0.15, -0.1) is 0 Å². The van der Waals surface area contributed by atoms with Crippen molar-refractivity contribution in [2.45, 2.75) is 19.6 Å². The number of esters is 1. The minimum Gasteiger partial charge on any atom is -0.465 e. The van der Waals surface area contributed by atoms with E-state index in [2.05, 4.69) is 34.9 Å². The third-order valence-electron chi connectivity index (χ3n) is 5.03. The molecule has 1 aliphatic heterocycles. The molecule has 10 heteroatoms. The first-order valence-electron chi connectivity index (χ1n) is 9.47. The Hall–Kier alpha value is -4.13. The number of nitrogens with zero attached hydrogens (tertiary/aromatic N) is 6. The summed E-state index contributed by atoms with van der Waals surface area (Å²) in [7, 11) is 1.29. The number of carbonyl (C=O) groups excluding carboxylic acids is 1. The molecule has 156 valence electrons. The van der Waals surface area contributed by atoms with Gasteiger partial charge >= 0.3 is 5.97 Å². The van der Waals surface area contributed by atoms with Crippen LogP contribution in [0.5, 0.6) is 0 Å². The number of carbonyl (C=O) groups is 1. The van der Waals surface area contributed by atoms with Crippen LogP contribution in [-0.2, 0) is 24.4 Å². The number of rotatable bonds is 5. The predicted octanol–water partition coefficient (Wildman–Crippen LogP) is 2.70. The molecule has 0 bridgehead atoms. The lowest BCUT2D eigenvalue weighted by molar-refractivity contribution is 0.0600. The topological polar surface area (TPSA) is 117 Å². The number of nitriles is 1. The average Bonchev–Trinajstić information content (AvgIpc) is 2.83. The standard InChI is InChI=1S/C21H18FN7O2/c1-31-20(30)15-9-24-21(25-10-15)28-19-17-4-5-29(11-18(17)26-12-27-19)16-3-2-13(8-23)14(6-16)7-22/h2-3,6,9-10,12H,4-5,7,11H2,1H3,(H,24,25,26,27,28). The van der Waals surface area contributed by atoms with Crippen LogP contribution in [0, 0.1) is 11.3 Å². The Morgan fingerprint density at radius 3 is 2.81 bits per heavy atom. The summed E-state index contributed by atoms with van der Waals surface area (Å²) in [6.07, 6.45) is 4.87. The van der Waals surface area contributed by atoms with Crippen molar-refractivity contribution in [3.63, 3.8) is 0 Å². The molecule has 0 radical (unpaired) electrons. The summed E-state index contributed by atoms with van der Waals surface area (Å²) < 4.78 is 17.9. The molecule has 3 heterocycles. The predicted molar refractivity (Wildman–Crippen MR) is 109 cm³/mol. The van der Waals surface area contributed by atoms with E-state index in [1.807, 2.05) is 12.1 Å². The van der Waals surface area contributed by atoms with Gasteiger partial charge in [-0.1, -0.05) is 0 Å². The average molecular weight is 419 g/mol. The van der Waals surface area contributed by atoms with E-state index >= 15 is 0 Å². The zero-order valence-electron chi connectivity index (χ0n) is 16.7. The summed E-state index contributed by atoms with van der Waals surface area (Å²) in [6, 6.07) is 7.18. The van der Waals surface area contributed by atoms with Crippen LogP contribution < -0.4 is 10.2 Å². The highest BCUT2D eigenvalue weighted by atomic mass is 19.1. The molecular formula is C21H18FN7O2. The number of fused-ring (bicyclic) bond motifs is 1. The third-order valence-corrected chi connectivity index (χ3v) is 5.03. The summed E-state index contributed by atoms with van der Waals surface area (Å²) in [5.74, 6) is 0.389. The molecule has 3 aromatic rings. The molecule has 0 saturated heterocycles. The van der Waals surface area contributed by atoms with Gasteiger partial charge in [-0.05, 0) is 24.6 Å². The van der Waals surface area contributed by atoms with Crippen molar-refractivity contribution < 1.29 is 13.9 Å². The van der Waals surface area contributed by atoms with Crippen molar-refractivity contribution in [2.75, 3.05) is 23.9 Å². The Balaban J connectivity index is 1.54. The van der Waals surface area contributed by atoms with Crippen molar-refractivity contribution in [3.8, 4) is 6.07 Å². The molecule has 4 rings (SSSR count). The van der Waals surface area contributed by atoms with Crippen LogP contribution in [-0.4, -0.2) is 39.6 Å². The number of benzene rings is 1. The molecular weight excluding hydrogens is 401 g/mol. The summed E-state index contributed by atoms with van der Waals surface area (Å²) in [4.78, 5) is 30.6. The molecule has 0 amide bonds. The van der Waals surface area contributed by atoms with E-state index in [4.69, 9.17) is 5.26 Å². The van der Waals surface area contributed by atoms with Crippen molar-refractivity contribution in [2.24, 2.45) is 0 Å². The number of nitrogens with one attached hydrogen (secondary N) is 1. The van der Waals surface area contributed by atoms with E-state index < -0.39 is 12.6 Å². The number of methoxy groups -OCH3 is 1. The molecule has 1 aromatic carbocycles. The normalized spacial score (nSPS) is 12.6. The van der Waals surface area contributed by atoms with E-state index in [0.29, 0.717) is 42.4 Å². The van der Waals surface area contributed by atoms with Gasteiger partial charge < -0.3 is 15.0 Å². The lowest BCUT2D eigenvalue weighted by Crippen LogP contribution is -2.32. The van der Waals surface area contributed by atoms with Gasteiger partial charge in [-0.25, -0.2) is 29.1 Å². The second-order valence-corrected chi connectivity index (χ2v) is 6.82. The van der Waals surface area contributed by atoms with E-state index in [9.17, 15) is 9.18 Å². The van der Waals surface area contributed by atoms with Crippen LogP contribution in [0.25, 0.3) is 0 Å². The number of hydrogen-bond donors (Lipinski definition) is 1. The van der Waals surface area contributed by atoms with Gasteiger partial charge in [-0.3, -0.25) is 0 Å². The van der Waals surface area contributed by atoms with Gasteiger partial charge in [0.2, 0.25) is 5.95 Å². The number of aromatic nitrogens is 4. The quantitative estimate of drug-likeness (QED) is 0.623. The number of halogens is 1. The van der Waals surface area contributed by atoms with Crippen LogP contribution >= 0.6 is 0 Å². The molecule has 9 nitrogen and oxygen atoms in total. The van der Waals surface area contributed by atoms with Gasteiger partial charge in [0.1, 0.15) is 18.8 Å². The van der Waals surface area contributed by atoms with Gasteiger partial charge in [0, 0.05) is 35.8 Å². The molecule has 0 saturated carbocycles. The van der Waals surface area contributed by atoms with Gasteiger partial charge in [0.05, 0.1) is 36.5 Å². The van der Waals surface area contributed by atoms with Crippen LogP contribution in [0.4, 0.5) is 21.8 Å². The Labute approximate surface area is 177 Å². The minimum absolute atomic E-state index is 0.253. The molecule has 0 aliphatic carbocycles. The Bertz CT molecular complexity index is 1160. The van der Waals surface area contributed by atoms with Crippen molar-refractivity contribution in [3.05, 3.63) is 64.9 Å². The van der Waals surface area contributed by atoms with E-state index in [1.165, 1.54) is 25.8 Å². The molecule has 0 spiro atoms. The maximum absolute atomic E-state index is 13.3. The molecule has 0 fully saturated rings. The maximum atomic E-state index is 13.3. The maximum Gasteiger partial charge on any atom is 0.341 e. The number of alkyl halides is 1. The second-order valence-electron chi connectivity index (χ2n) is 6.82. The monoisotopic (exact) mass is 419 g/mol. The number of anilines is 3.